The van der Waals surface area contributed by atoms with Crippen LogP contribution in [0.4, 0.5) is 11.5 Å². The molecule has 1 aromatic heterocycles. The van der Waals surface area contributed by atoms with Gasteiger partial charge in [-0.1, -0.05) is 0 Å². The summed E-state index contributed by atoms with van der Waals surface area (Å²) >= 11 is 0. The molecule has 6 heteroatoms. The van der Waals surface area contributed by atoms with E-state index in [9.17, 15) is 4.21 Å². The zero-order valence-electron chi connectivity index (χ0n) is 9.93. The Bertz CT molecular complexity index is 455. The molecule has 0 radical (unpaired) electrons. The minimum Gasteiger partial charge on any atom is -0.396 e. The number of nitriles is 1. The number of nitrogens with zero attached hydrogens (tertiary/aromatic N) is 2. The summed E-state index contributed by atoms with van der Waals surface area (Å²) in [4.78, 5) is 4.08. The molecule has 5 nitrogen and oxygen atoms in total. The van der Waals surface area contributed by atoms with Crippen LogP contribution in [0.5, 0.6) is 0 Å². The maximum absolute atomic E-state index is 11.0. The maximum Gasteiger partial charge on any atom is 0.149 e. The predicted octanol–water partition coefficient (Wildman–Crippen LogP) is 1.10. The van der Waals surface area contributed by atoms with Crippen LogP contribution in [0.2, 0.25) is 0 Å². The second-order valence-electron chi connectivity index (χ2n) is 3.89. The van der Waals surface area contributed by atoms with Crippen molar-refractivity contribution in [3.05, 3.63) is 17.8 Å². The van der Waals surface area contributed by atoms with Crippen molar-refractivity contribution in [3.63, 3.8) is 0 Å². The summed E-state index contributed by atoms with van der Waals surface area (Å²) in [6, 6.07) is 3.70. The van der Waals surface area contributed by atoms with Crippen LogP contribution in [0.15, 0.2) is 12.3 Å². The summed E-state index contributed by atoms with van der Waals surface area (Å²) in [5.41, 5.74) is 6.66. The van der Waals surface area contributed by atoms with Crippen molar-refractivity contribution < 1.29 is 4.21 Å². The third-order valence-corrected chi connectivity index (χ3v) is 3.08. The molecule has 0 saturated heterocycles. The number of nitrogens with two attached hydrogens (primary N) is 1. The van der Waals surface area contributed by atoms with Crippen molar-refractivity contribution in [1.82, 2.24) is 4.98 Å². The number of rotatable bonds is 5. The van der Waals surface area contributed by atoms with Crippen LogP contribution in [0.3, 0.4) is 0 Å². The van der Waals surface area contributed by atoms with Crippen LogP contribution >= 0.6 is 0 Å². The van der Waals surface area contributed by atoms with Crippen LogP contribution < -0.4 is 11.1 Å². The van der Waals surface area contributed by atoms with Crippen LogP contribution in [0, 0.1) is 11.3 Å². The van der Waals surface area contributed by atoms with Gasteiger partial charge in [-0.2, -0.15) is 5.26 Å². The van der Waals surface area contributed by atoms with Gasteiger partial charge in [0.05, 0.1) is 11.3 Å². The molecule has 0 fully saturated rings. The summed E-state index contributed by atoms with van der Waals surface area (Å²) in [7, 11) is -0.789. The molecule has 2 unspecified atom stereocenters. The smallest absolute Gasteiger partial charge is 0.149 e. The van der Waals surface area contributed by atoms with E-state index in [0.29, 0.717) is 22.8 Å². The van der Waals surface area contributed by atoms with Gasteiger partial charge in [0.1, 0.15) is 11.9 Å². The predicted molar refractivity (Wildman–Crippen MR) is 70.0 cm³/mol. The first-order valence-corrected chi connectivity index (χ1v) is 6.98. The number of nitrogens with one attached hydrogen (secondary N) is 1. The average Bonchev–Trinajstić information content (AvgIpc) is 2.29. The average molecular weight is 252 g/mol. The minimum atomic E-state index is -0.789. The summed E-state index contributed by atoms with van der Waals surface area (Å²) < 4.78 is 11.0. The molecule has 0 spiro atoms. The Kier molecular flexibility index (Phi) is 4.91. The summed E-state index contributed by atoms with van der Waals surface area (Å²) in [6.45, 7) is 1.98. The second-order valence-corrected chi connectivity index (χ2v) is 5.44. The Hall–Kier alpha value is -1.61. The zero-order chi connectivity index (χ0) is 12.8. The van der Waals surface area contributed by atoms with Crippen molar-refractivity contribution in [2.75, 3.05) is 23.1 Å². The van der Waals surface area contributed by atoms with E-state index >= 15 is 0 Å². The topological polar surface area (TPSA) is 91.8 Å². The van der Waals surface area contributed by atoms with Gasteiger partial charge in [0.15, 0.2) is 0 Å². The monoisotopic (exact) mass is 252 g/mol. The summed E-state index contributed by atoms with van der Waals surface area (Å²) in [5.74, 6) is 1.21. The van der Waals surface area contributed by atoms with Gasteiger partial charge in [0.2, 0.25) is 0 Å². The molecular weight excluding hydrogens is 236 g/mol. The molecule has 0 aliphatic carbocycles. The summed E-state index contributed by atoms with van der Waals surface area (Å²) in [5, 5.41) is 11.8. The fourth-order valence-corrected chi connectivity index (χ4v) is 2.00. The number of hydrogen-bond acceptors (Lipinski definition) is 5. The molecule has 1 heterocycles. The van der Waals surface area contributed by atoms with Crippen molar-refractivity contribution in [2.45, 2.75) is 19.4 Å². The molecule has 0 saturated carbocycles. The molecule has 2 atom stereocenters. The molecule has 92 valence electrons. The summed E-state index contributed by atoms with van der Waals surface area (Å²) in [6.07, 6.45) is 3.94. The maximum atomic E-state index is 11.0. The lowest BCUT2D eigenvalue weighted by Gasteiger charge is -2.15. The lowest BCUT2D eigenvalue weighted by atomic mass is 10.2. The molecule has 0 aliphatic heterocycles. The molecule has 0 aromatic carbocycles. The Morgan fingerprint density at radius 3 is 2.94 bits per heavy atom. The first-order valence-electron chi connectivity index (χ1n) is 5.25. The van der Waals surface area contributed by atoms with Gasteiger partial charge in [-0.15, -0.1) is 0 Å². The van der Waals surface area contributed by atoms with E-state index in [-0.39, 0.29) is 6.04 Å². The molecule has 1 aromatic rings. The molecule has 0 amide bonds. The van der Waals surface area contributed by atoms with Gasteiger partial charge in [-0.25, -0.2) is 4.98 Å². The van der Waals surface area contributed by atoms with Gasteiger partial charge in [0, 0.05) is 35.0 Å². The highest BCUT2D eigenvalue weighted by Crippen LogP contribution is 2.17. The number of pyridine rings is 1. The Morgan fingerprint density at radius 2 is 2.41 bits per heavy atom. The van der Waals surface area contributed by atoms with Crippen LogP contribution in [0.1, 0.15) is 18.9 Å². The van der Waals surface area contributed by atoms with Crippen molar-refractivity contribution in [3.8, 4) is 6.07 Å². The number of hydrogen-bond donors (Lipinski definition) is 2. The lowest BCUT2D eigenvalue weighted by Crippen LogP contribution is -2.19. The van der Waals surface area contributed by atoms with E-state index in [1.807, 2.05) is 13.0 Å². The quantitative estimate of drug-likeness (QED) is 0.818. The Balaban J connectivity index is 2.62. The van der Waals surface area contributed by atoms with Gasteiger partial charge >= 0.3 is 0 Å². The normalized spacial score (nSPS) is 13.7. The fraction of sp³-hybridized carbons (Fsp3) is 0.455. The van der Waals surface area contributed by atoms with Crippen LogP contribution in [0.25, 0.3) is 0 Å². The SMILES string of the molecule is CC(CCS(C)=O)Nc1ncc(C#N)cc1N. The van der Waals surface area contributed by atoms with E-state index < -0.39 is 10.8 Å². The van der Waals surface area contributed by atoms with E-state index in [1.165, 1.54) is 6.20 Å². The zero-order valence-corrected chi connectivity index (χ0v) is 10.8. The Labute approximate surface area is 103 Å². The molecule has 1 rings (SSSR count). The number of anilines is 2. The molecular formula is C11H16N4OS. The van der Waals surface area contributed by atoms with Gasteiger partial charge in [0.25, 0.3) is 0 Å². The number of aromatic nitrogens is 1. The van der Waals surface area contributed by atoms with Gasteiger partial charge in [-0.05, 0) is 19.4 Å². The fourth-order valence-electron chi connectivity index (χ4n) is 1.31. The third kappa shape index (κ3) is 4.41. The number of nitrogen functional groups attached to an aromatic ring is 1. The largest absolute Gasteiger partial charge is 0.396 e. The highest BCUT2D eigenvalue weighted by Gasteiger charge is 2.07. The molecule has 3 N–H and O–H groups in total. The Morgan fingerprint density at radius 1 is 1.71 bits per heavy atom. The van der Waals surface area contributed by atoms with E-state index in [1.54, 1.807) is 12.3 Å². The van der Waals surface area contributed by atoms with Crippen LogP contribution in [-0.4, -0.2) is 27.2 Å². The van der Waals surface area contributed by atoms with E-state index in [0.717, 1.165) is 6.42 Å². The van der Waals surface area contributed by atoms with Crippen molar-refractivity contribution >= 4 is 22.3 Å². The first-order chi connectivity index (χ1) is 8.02. The lowest BCUT2D eigenvalue weighted by molar-refractivity contribution is 0.678. The first kappa shape index (κ1) is 13.5. The van der Waals surface area contributed by atoms with Crippen LogP contribution in [-0.2, 0) is 10.8 Å². The van der Waals surface area contributed by atoms with Gasteiger partial charge in [-0.3, -0.25) is 4.21 Å². The van der Waals surface area contributed by atoms with Crippen molar-refractivity contribution in [2.24, 2.45) is 0 Å². The molecule has 0 aliphatic rings. The van der Waals surface area contributed by atoms with E-state index in [4.69, 9.17) is 11.0 Å². The molecule has 0 bridgehead atoms. The molecule has 17 heavy (non-hydrogen) atoms. The standard InChI is InChI=1S/C11H16N4OS/c1-8(3-4-17(2)16)15-11-10(13)5-9(6-12)7-14-11/h5,7-8H,3-4,13H2,1-2H3,(H,14,15). The van der Waals surface area contributed by atoms with Gasteiger partial charge < -0.3 is 11.1 Å². The highest BCUT2D eigenvalue weighted by molar-refractivity contribution is 7.84. The van der Waals surface area contributed by atoms with E-state index in [2.05, 4.69) is 10.3 Å². The third-order valence-electron chi connectivity index (χ3n) is 2.27. The highest BCUT2D eigenvalue weighted by atomic mass is 32.2. The second kappa shape index (κ2) is 6.21. The minimum absolute atomic E-state index is 0.140. The van der Waals surface area contributed by atoms with Crippen molar-refractivity contribution in [1.29, 1.82) is 5.26 Å².